The summed E-state index contributed by atoms with van der Waals surface area (Å²) in [5.74, 6) is -0.566. The largest absolute Gasteiger partial charge is 0.324 e. The molecule has 0 fully saturated rings. The molecule has 0 atom stereocenters. The van der Waals surface area contributed by atoms with E-state index in [1.54, 1.807) is 41.3 Å². The van der Waals surface area contributed by atoms with Crippen LogP contribution in [0.15, 0.2) is 36.7 Å². The van der Waals surface area contributed by atoms with Crippen molar-refractivity contribution < 1.29 is 9.59 Å². The van der Waals surface area contributed by atoms with Gasteiger partial charge in [0.05, 0.1) is 17.8 Å². The average molecular weight is 278 g/mol. The predicted octanol–water partition coefficient (Wildman–Crippen LogP) is 2.44. The molecule has 0 aliphatic carbocycles. The summed E-state index contributed by atoms with van der Waals surface area (Å²) in [5.41, 5.74) is 1.20. The van der Waals surface area contributed by atoms with E-state index in [1.165, 1.54) is 6.92 Å². The van der Waals surface area contributed by atoms with Crippen LogP contribution < -0.4 is 5.32 Å². The van der Waals surface area contributed by atoms with Crippen molar-refractivity contribution in [3.05, 3.63) is 41.7 Å². The monoisotopic (exact) mass is 277 g/mol. The molecule has 19 heavy (non-hydrogen) atoms. The number of benzene rings is 1. The second-order valence-electron chi connectivity index (χ2n) is 4.04. The fourth-order valence-corrected chi connectivity index (χ4v) is 1.81. The summed E-state index contributed by atoms with van der Waals surface area (Å²) in [7, 11) is 0. The maximum absolute atomic E-state index is 11.7. The average Bonchev–Trinajstić information content (AvgIpc) is 2.81. The summed E-state index contributed by atoms with van der Waals surface area (Å²) in [6, 6.07) is 6.85. The van der Waals surface area contributed by atoms with Gasteiger partial charge in [0.25, 0.3) is 0 Å². The first-order valence-electron chi connectivity index (χ1n) is 5.65. The van der Waals surface area contributed by atoms with E-state index in [0.29, 0.717) is 16.4 Å². The van der Waals surface area contributed by atoms with Gasteiger partial charge in [0.15, 0.2) is 0 Å². The highest BCUT2D eigenvalue weighted by atomic mass is 35.5. The molecule has 0 aliphatic heterocycles. The van der Waals surface area contributed by atoms with Gasteiger partial charge in [-0.05, 0) is 31.2 Å². The van der Waals surface area contributed by atoms with Crippen LogP contribution in [-0.2, 0) is 9.59 Å². The number of hydrogen-bond acceptors (Lipinski definition) is 3. The van der Waals surface area contributed by atoms with Gasteiger partial charge in [0, 0.05) is 17.4 Å². The van der Waals surface area contributed by atoms with Crippen LogP contribution >= 0.6 is 11.6 Å². The molecule has 6 heteroatoms. The van der Waals surface area contributed by atoms with Crippen LogP contribution in [0.3, 0.4) is 0 Å². The topological polar surface area (TPSA) is 64.0 Å². The second kappa shape index (κ2) is 5.67. The second-order valence-corrected chi connectivity index (χ2v) is 4.48. The lowest BCUT2D eigenvalue weighted by Crippen LogP contribution is -2.16. The molecule has 0 saturated carbocycles. The van der Waals surface area contributed by atoms with Gasteiger partial charge in [-0.3, -0.25) is 9.59 Å². The van der Waals surface area contributed by atoms with E-state index >= 15 is 0 Å². The molecule has 2 rings (SSSR count). The number of ketones is 1. The Labute approximate surface area is 115 Å². The molecule has 0 saturated heterocycles. The summed E-state index contributed by atoms with van der Waals surface area (Å²) < 4.78 is 1.61. The number of anilines is 1. The summed E-state index contributed by atoms with van der Waals surface area (Å²) in [6.45, 7) is 1.37. The Morgan fingerprint density at radius 3 is 2.84 bits per heavy atom. The van der Waals surface area contributed by atoms with E-state index in [4.69, 9.17) is 11.6 Å². The number of aromatic nitrogens is 2. The van der Waals surface area contributed by atoms with Crippen molar-refractivity contribution in [3.63, 3.8) is 0 Å². The van der Waals surface area contributed by atoms with E-state index in [2.05, 4.69) is 10.4 Å². The normalized spacial score (nSPS) is 10.2. The zero-order valence-corrected chi connectivity index (χ0v) is 11.0. The molecule has 0 aliphatic rings. The van der Waals surface area contributed by atoms with E-state index < -0.39 is 0 Å². The standard InChI is InChI=1S/C13H12ClN3O2/c1-9(18)7-13(19)16-11-8-10(14)3-4-12(11)17-6-2-5-15-17/h2-6,8H,7H2,1H3,(H,16,19). The Morgan fingerprint density at radius 2 is 2.21 bits per heavy atom. The predicted molar refractivity (Wildman–Crippen MR) is 72.5 cm³/mol. The molecule has 1 heterocycles. The molecule has 1 aromatic heterocycles. The number of amides is 1. The first kappa shape index (κ1) is 13.3. The van der Waals surface area contributed by atoms with Gasteiger partial charge in [-0.2, -0.15) is 5.10 Å². The van der Waals surface area contributed by atoms with Crippen molar-refractivity contribution in [1.82, 2.24) is 9.78 Å². The van der Waals surface area contributed by atoms with E-state index in [9.17, 15) is 9.59 Å². The van der Waals surface area contributed by atoms with Crippen molar-refractivity contribution in [2.45, 2.75) is 13.3 Å². The highest BCUT2D eigenvalue weighted by Crippen LogP contribution is 2.24. The first-order valence-corrected chi connectivity index (χ1v) is 6.03. The third-order valence-electron chi connectivity index (χ3n) is 2.39. The maximum Gasteiger partial charge on any atom is 0.231 e. The lowest BCUT2D eigenvalue weighted by molar-refractivity contribution is -0.124. The molecule has 1 N–H and O–H groups in total. The fourth-order valence-electron chi connectivity index (χ4n) is 1.64. The number of rotatable bonds is 4. The summed E-state index contributed by atoms with van der Waals surface area (Å²) in [5, 5.41) is 7.26. The molecule has 2 aromatic rings. The number of Topliss-reactive ketones (excluding diaryl/α,β-unsaturated/α-hetero) is 1. The third-order valence-corrected chi connectivity index (χ3v) is 2.63. The van der Waals surface area contributed by atoms with Gasteiger partial charge >= 0.3 is 0 Å². The molecule has 0 radical (unpaired) electrons. The van der Waals surface area contributed by atoms with Crippen molar-refractivity contribution in [3.8, 4) is 5.69 Å². The number of hydrogen-bond donors (Lipinski definition) is 1. The van der Waals surface area contributed by atoms with E-state index in [0.717, 1.165) is 0 Å². The third kappa shape index (κ3) is 3.42. The number of carbonyl (C=O) groups is 2. The highest BCUT2D eigenvalue weighted by Gasteiger charge is 2.11. The van der Waals surface area contributed by atoms with Gasteiger partial charge in [0.2, 0.25) is 5.91 Å². The van der Waals surface area contributed by atoms with Gasteiger partial charge in [0.1, 0.15) is 5.78 Å². The van der Waals surface area contributed by atoms with Gasteiger partial charge in [-0.25, -0.2) is 4.68 Å². The van der Waals surface area contributed by atoms with Crippen LogP contribution in [-0.4, -0.2) is 21.5 Å². The lowest BCUT2D eigenvalue weighted by atomic mass is 10.2. The summed E-state index contributed by atoms with van der Waals surface area (Å²) in [4.78, 5) is 22.6. The van der Waals surface area contributed by atoms with Gasteiger partial charge in [-0.15, -0.1) is 0 Å². The molecule has 0 unspecified atom stereocenters. The maximum atomic E-state index is 11.7. The van der Waals surface area contributed by atoms with Crippen molar-refractivity contribution in [2.75, 3.05) is 5.32 Å². The Hall–Kier alpha value is -2.14. The van der Waals surface area contributed by atoms with Crippen molar-refractivity contribution in [1.29, 1.82) is 0 Å². The number of nitrogens with one attached hydrogen (secondary N) is 1. The molecule has 0 bridgehead atoms. The van der Waals surface area contributed by atoms with E-state index in [1.807, 2.05) is 0 Å². The van der Waals surface area contributed by atoms with Crippen LogP contribution in [0.2, 0.25) is 5.02 Å². The van der Waals surface area contributed by atoms with Crippen LogP contribution in [0.1, 0.15) is 13.3 Å². The van der Waals surface area contributed by atoms with E-state index in [-0.39, 0.29) is 18.1 Å². The Kier molecular flexibility index (Phi) is 3.97. The summed E-state index contributed by atoms with van der Waals surface area (Å²) >= 11 is 5.92. The minimum absolute atomic E-state index is 0.162. The minimum Gasteiger partial charge on any atom is -0.324 e. The fraction of sp³-hybridized carbons (Fsp3) is 0.154. The van der Waals surface area contributed by atoms with Gasteiger partial charge < -0.3 is 5.32 Å². The van der Waals surface area contributed by atoms with Crippen LogP contribution in [0.5, 0.6) is 0 Å². The smallest absolute Gasteiger partial charge is 0.231 e. The van der Waals surface area contributed by atoms with Crippen LogP contribution in [0.25, 0.3) is 5.69 Å². The molecular weight excluding hydrogens is 266 g/mol. The first-order chi connectivity index (χ1) is 9.06. The number of halogens is 1. The molecular formula is C13H12ClN3O2. The molecule has 1 aromatic carbocycles. The van der Waals surface area contributed by atoms with Crippen molar-refractivity contribution >= 4 is 29.0 Å². The molecule has 5 nitrogen and oxygen atoms in total. The Bertz CT molecular complexity index is 608. The molecule has 1 amide bonds. The number of carbonyl (C=O) groups excluding carboxylic acids is 2. The zero-order valence-electron chi connectivity index (χ0n) is 10.3. The quantitative estimate of drug-likeness (QED) is 0.873. The zero-order chi connectivity index (χ0) is 13.8. The molecule has 0 spiro atoms. The summed E-state index contributed by atoms with van der Waals surface area (Å²) in [6.07, 6.45) is 3.23. The van der Waals surface area contributed by atoms with Crippen LogP contribution in [0.4, 0.5) is 5.69 Å². The van der Waals surface area contributed by atoms with Crippen molar-refractivity contribution in [2.24, 2.45) is 0 Å². The van der Waals surface area contributed by atoms with Gasteiger partial charge in [-0.1, -0.05) is 11.6 Å². The molecule has 98 valence electrons. The SMILES string of the molecule is CC(=O)CC(=O)Nc1cc(Cl)ccc1-n1cccn1. The highest BCUT2D eigenvalue weighted by molar-refractivity contribution is 6.31. The Balaban J connectivity index is 2.30. The van der Waals surface area contributed by atoms with Crippen LogP contribution in [0, 0.1) is 0 Å². The Morgan fingerprint density at radius 1 is 1.42 bits per heavy atom. The minimum atomic E-state index is -0.372. The lowest BCUT2D eigenvalue weighted by Gasteiger charge is -2.11. The number of nitrogens with zero attached hydrogens (tertiary/aromatic N) is 2.